The molecule has 9 nitrogen and oxygen atoms in total. The molecule has 1 aromatic heterocycles. The number of nitrogens with two attached hydrogens (primary N) is 1. The van der Waals surface area contributed by atoms with Crippen LogP contribution in [-0.2, 0) is 4.79 Å². The maximum Gasteiger partial charge on any atom is 0.573 e. The molecule has 0 fully saturated rings. The van der Waals surface area contributed by atoms with Gasteiger partial charge in [0.2, 0.25) is 5.91 Å². The van der Waals surface area contributed by atoms with E-state index >= 15 is 0 Å². The highest BCUT2D eigenvalue weighted by atomic mass is 19.4. The van der Waals surface area contributed by atoms with E-state index in [1.807, 2.05) is 6.07 Å². The lowest BCUT2D eigenvalue weighted by Crippen LogP contribution is -2.49. The van der Waals surface area contributed by atoms with Crippen LogP contribution in [0.25, 0.3) is 0 Å². The van der Waals surface area contributed by atoms with Crippen molar-refractivity contribution >= 4 is 23.4 Å². The Hall–Kier alpha value is -3.85. The van der Waals surface area contributed by atoms with Gasteiger partial charge in [-0.15, -0.1) is 13.2 Å². The van der Waals surface area contributed by atoms with Crippen LogP contribution in [0.1, 0.15) is 17.3 Å². The van der Waals surface area contributed by atoms with Crippen molar-refractivity contribution in [3.63, 3.8) is 0 Å². The molecule has 3 rings (SSSR count). The van der Waals surface area contributed by atoms with E-state index in [1.54, 1.807) is 0 Å². The van der Waals surface area contributed by atoms with Crippen LogP contribution >= 0.6 is 0 Å². The number of rotatable bonds is 4. The van der Waals surface area contributed by atoms with E-state index in [0.717, 1.165) is 17.0 Å². The Morgan fingerprint density at radius 3 is 2.63 bits per heavy atom. The zero-order valence-electron chi connectivity index (χ0n) is 15.2. The summed E-state index contributed by atoms with van der Waals surface area (Å²) in [4.78, 5) is 29.8. The highest BCUT2D eigenvalue weighted by molar-refractivity contribution is 6.08. The number of pyridine rings is 1. The number of nitrogens with zero attached hydrogens (tertiary/aromatic N) is 3. The topological polar surface area (TPSA) is 133 Å². The number of carbonyl (C=O) groups excluding carboxylic acids is 2. The van der Waals surface area contributed by atoms with Crippen molar-refractivity contribution in [2.24, 2.45) is 5.73 Å². The summed E-state index contributed by atoms with van der Waals surface area (Å²) in [5.41, 5.74) is 6.46. The SMILES string of the molecule is N#Cc1ccc2c(n1)N(C(=O)NC(CN)c1ccc(OC(F)(F)F)cc1)CC(=O)N2. The number of aromatic nitrogens is 1. The van der Waals surface area contributed by atoms with Crippen molar-refractivity contribution in [3.8, 4) is 11.8 Å². The fraction of sp³-hybridized carbons (Fsp3) is 0.222. The number of urea groups is 1. The predicted molar refractivity (Wildman–Crippen MR) is 98.4 cm³/mol. The minimum Gasteiger partial charge on any atom is -0.406 e. The van der Waals surface area contributed by atoms with E-state index in [1.165, 1.54) is 24.3 Å². The van der Waals surface area contributed by atoms with Crippen LogP contribution < -0.4 is 26.0 Å². The van der Waals surface area contributed by atoms with Crippen LogP contribution in [0.5, 0.6) is 5.75 Å². The molecule has 12 heteroatoms. The Bertz CT molecular complexity index is 1000. The standard InChI is InChI=1S/C18H15F3N6O3/c19-18(20,21)30-12-4-1-10(2-5-12)14(8-23)26-17(29)27-9-15(28)25-13-6-3-11(7-22)24-16(13)27/h1-6,14H,8-9,23H2,(H,25,28)(H,26,29). The molecule has 4 N–H and O–H groups in total. The lowest BCUT2D eigenvalue weighted by Gasteiger charge is -2.30. The van der Waals surface area contributed by atoms with E-state index < -0.39 is 30.1 Å². The number of alkyl halides is 3. The minimum absolute atomic E-state index is 0.0540. The molecule has 0 aliphatic carbocycles. The molecule has 0 radical (unpaired) electrons. The predicted octanol–water partition coefficient (Wildman–Crippen LogP) is 2.02. The summed E-state index contributed by atoms with van der Waals surface area (Å²) in [6.45, 7) is -0.403. The molecule has 1 atom stereocenters. The molecule has 3 amide bonds. The second kappa shape index (κ2) is 8.26. The van der Waals surface area contributed by atoms with Gasteiger partial charge in [-0.1, -0.05) is 12.1 Å². The number of fused-ring (bicyclic) bond motifs is 1. The van der Waals surface area contributed by atoms with Crippen LogP contribution in [-0.4, -0.2) is 36.4 Å². The first-order chi connectivity index (χ1) is 14.2. The van der Waals surface area contributed by atoms with Gasteiger partial charge in [0.25, 0.3) is 0 Å². The number of benzene rings is 1. The van der Waals surface area contributed by atoms with Crippen LogP contribution in [0.3, 0.4) is 0 Å². The quantitative estimate of drug-likeness (QED) is 0.693. The van der Waals surface area contributed by atoms with Crippen molar-refractivity contribution in [2.45, 2.75) is 12.4 Å². The van der Waals surface area contributed by atoms with Gasteiger partial charge in [0.15, 0.2) is 5.82 Å². The molecule has 156 valence electrons. The van der Waals surface area contributed by atoms with E-state index in [9.17, 15) is 22.8 Å². The van der Waals surface area contributed by atoms with Crippen LogP contribution in [0.15, 0.2) is 36.4 Å². The van der Waals surface area contributed by atoms with Gasteiger partial charge in [-0.2, -0.15) is 5.26 Å². The molecular formula is C18H15F3N6O3. The van der Waals surface area contributed by atoms with Gasteiger partial charge in [-0.25, -0.2) is 9.78 Å². The van der Waals surface area contributed by atoms with Crippen LogP contribution in [0.2, 0.25) is 0 Å². The molecular weight excluding hydrogens is 405 g/mol. The molecule has 1 aliphatic rings. The molecule has 2 aromatic rings. The second-order valence-electron chi connectivity index (χ2n) is 6.17. The Balaban J connectivity index is 1.79. The minimum atomic E-state index is -4.82. The fourth-order valence-corrected chi connectivity index (χ4v) is 2.80. The summed E-state index contributed by atoms with van der Waals surface area (Å²) >= 11 is 0. The highest BCUT2D eigenvalue weighted by Gasteiger charge is 2.32. The van der Waals surface area contributed by atoms with Gasteiger partial charge in [0.05, 0.1) is 11.7 Å². The molecule has 0 spiro atoms. The van der Waals surface area contributed by atoms with Gasteiger partial charge in [-0.05, 0) is 29.8 Å². The van der Waals surface area contributed by atoms with E-state index in [-0.39, 0.29) is 30.3 Å². The number of nitriles is 1. The number of anilines is 2. The maximum atomic E-state index is 12.8. The Labute approximate surface area is 168 Å². The van der Waals surface area contributed by atoms with Gasteiger partial charge in [-0.3, -0.25) is 9.69 Å². The molecule has 0 saturated carbocycles. The van der Waals surface area contributed by atoms with Gasteiger partial charge >= 0.3 is 12.4 Å². The first-order valence-electron chi connectivity index (χ1n) is 8.55. The zero-order valence-corrected chi connectivity index (χ0v) is 15.2. The summed E-state index contributed by atoms with van der Waals surface area (Å²) in [7, 11) is 0. The third-order valence-electron chi connectivity index (χ3n) is 4.12. The Kier molecular flexibility index (Phi) is 5.74. The van der Waals surface area contributed by atoms with Gasteiger partial charge in [0.1, 0.15) is 24.1 Å². The second-order valence-corrected chi connectivity index (χ2v) is 6.17. The lowest BCUT2D eigenvalue weighted by atomic mass is 10.1. The van der Waals surface area contributed by atoms with Crippen molar-refractivity contribution in [3.05, 3.63) is 47.7 Å². The molecule has 1 aromatic carbocycles. The third-order valence-corrected chi connectivity index (χ3v) is 4.12. The fourth-order valence-electron chi connectivity index (χ4n) is 2.80. The molecule has 1 unspecified atom stereocenters. The monoisotopic (exact) mass is 420 g/mol. The smallest absolute Gasteiger partial charge is 0.406 e. The highest BCUT2D eigenvalue weighted by Crippen LogP contribution is 2.28. The van der Waals surface area contributed by atoms with Crippen molar-refractivity contribution in [1.82, 2.24) is 10.3 Å². The average Bonchev–Trinajstić information content (AvgIpc) is 2.70. The zero-order chi connectivity index (χ0) is 21.9. The molecule has 0 bridgehead atoms. The molecule has 30 heavy (non-hydrogen) atoms. The van der Waals surface area contributed by atoms with Crippen LogP contribution in [0.4, 0.5) is 29.5 Å². The number of nitrogens with one attached hydrogen (secondary N) is 2. The molecule has 0 saturated heterocycles. The van der Waals surface area contributed by atoms with Crippen LogP contribution in [0, 0.1) is 11.3 Å². The summed E-state index contributed by atoms with van der Waals surface area (Å²) < 4.78 is 40.7. The van der Waals surface area contributed by atoms with E-state index in [0.29, 0.717) is 5.56 Å². The maximum absolute atomic E-state index is 12.8. The van der Waals surface area contributed by atoms with E-state index in [4.69, 9.17) is 11.0 Å². The van der Waals surface area contributed by atoms with Crippen molar-refractivity contribution < 1.29 is 27.5 Å². The number of carbonyl (C=O) groups is 2. The number of hydrogen-bond acceptors (Lipinski definition) is 6. The summed E-state index contributed by atoms with van der Waals surface area (Å²) in [5, 5.41) is 14.2. The summed E-state index contributed by atoms with van der Waals surface area (Å²) in [6, 6.07) is 8.11. The van der Waals surface area contributed by atoms with Crippen molar-refractivity contribution in [2.75, 3.05) is 23.3 Å². The Morgan fingerprint density at radius 1 is 1.33 bits per heavy atom. The number of hydrogen-bond donors (Lipinski definition) is 3. The largest absolute Gasteiger partial charge is 0.573 e. The number of halogens is 3. The third kappa shape index (κ3) is 4.76. The molecule has 2 heterocycles. The first-order valence-corrected chi connectivity index (χ1v) is 8.55. The number of ether oxygens (including phenoxy) is 1. The van der Waals surface area contributed by atoms with Gasteiger partial charge in [0, 0.05) is 6.54 Å². The van der Waals surface area contributed by atoms with Gasteiger partial charge < -0.3 is 21.1 Å². The summed E-state index contributed by atoms with van der Waals surface area (Å²) in [5.74, 6) is -0.777. The average molecular weight is 420 g/mol. The first kappa shape index (κ1) is 20.9. The Morgan fingerprint density at radius 2 is 2.03 bits per heavy atom. The molecule has 1 aliphatic heterocycles. The van der Waals surface area contributed by atoms with Crippen molar-refractivity contribution in [1.29, 1.82) is 5.26 Å². The lowest BCUT2D eigenvalue weighted by molar-refractivity contribution is -0.274. The normalized spacial score (nSPS) is 14.2. The van der Waals surface area contributed by atoms with E-state index in [2.05, 4.69) is 20.4 Å². The summed E-state index contributed by atoms with van der Waals surface area (Å²) in [6.07, 6.45) is -4.82. The number of amides is 3.